The summed E-state index contributed by atoms with van der Waals surface area (Å²) in [5.41, 5.74) is 11.8. The van der Waals surface area contributed by atoms with Crippen molar-refractivity contribution in [3.63, 3.8) is 0 Å². The van der Waals surface area contributed by atoms with Crippen LogP contribution in [0.1, 0.15) is 126 Å². The van der Waals surface area contributed by atoms with E-state index in [9.17, 15) is 0 Å². The first-order chi connectivity index (χ1) is 25.1. The summed E-state index contributed by atoms with van der Waals surface area (Å²) in [5, 5.41) is 5.59. The Kier molecular flexibility index (Phi) is 17.1. The van der Waals surface area contributed by atoms with Crippen LogP contribution in [0.5, 0.6) is 0 Å². The molecule has 2 aliphatic carbocycles. The molecule has 0 amide bonds. The number of halogens is 2. The number of rotatable bonds is 5. The van der Waals surface area contributed by atoms with E-state index in [1.54, 1.807) is 28.9 Å². The summed E-state index contributed by atoms with van der Waals surface area (Å²) in [6.45, 7) is 13.7. The SMILES string of the molecule is CC(C)(C)c1ccc(-c2cccc3[cH-]c(C4CCCCC4)cc23)cc1.CCc1cc2c(-c3ccc(C4CCCCC4)cc3)cccc2[cH-]1.C[Si](C)=[Zr+2].[Cl-].[Cl-]. The zero-order chi connectivity index (χ0) is 36.7. The molecule has 0 N–H and O–H groups in total. The summed E-state index contributed by atoms with van der Waals surface area (Å²) in [4.78, 5) is 0. The van der Waals surface area contributed by atoms with Crippen LogP contribution >= 0.6 is 0 Å². The van der Waals surface area contributed by atoms with Crippen molar-refractivity contribution in [3.05, 3.63) is 131 Å². The summed E-state index contributed by atoms with van der Waals surface area (Å²) in [5.74, 6) is 1.57. The maximum Gasteiger partial charge on any atom is -1.00 e. The fourth-order valence-corrected chi connectivity index (χ4v) is 8.45. The van der Waals surface area contributed by atoms with Crippen LogP contribution in [-0.4, -0.2) is 5.43 Å². The Bertz CT molecular complexity index is 2040. The molecular weight excluding hydrogens is 791 g/mol. The Morgan fingerprint density at radius 2 is 1.07 bits per heavy atom. The minimum Gasteiger partial charge on any atom is -1.00 e. The molecule has 6 aromatic carbocycles. The van der Waals surface area contributed by atoms with Gasteiger partial charge in [0, 0.05) is 0 Å². The van der Waals surface area contributed by atoms with E-state index in [4.69, 9.17) is 0 Å². The molecule has 4 heteroatoms. The average Bonchev–Trinajstić information content (AvgIpc) is 3.80. The van der Waals surface area contributed by atoms with Gasteiger partial charge in [-0.3, -0.25) is 0 Å². The van der Waals surface area contributed by atoms with Crippen LogP contribution in [0.25, 0.3) is 43.8 Å². The van der Waals surface area contributed by atoms with Crippen molar-refractivity contribution in [2.24, 2.45) is 0 Å². The largest absolute Gasteiger partial charge is 1.00 e. The molecule has 0 nitrogen and oxygen atoms in total. The van der Waals surface area contributed by atoms with E-state index in [-0.39, 0.29) is 35.7 Å². The van der Waals surface area contributed by atoms with Gasteiger partial charge < -0.3 is 24.8 Å². The molecule has 0 saturated heterocycles. The first-order valence-corrected chi connectivity index (χ1v) is 26.4. The zero-order valence-corrected chi connectivity index (χ0v) is 38.6. The van der Waals surface area contributed by atoms with Crippen LogP contribution < -0.4 is 24.8 Å². The van der Waals surface area contributed by atoms with Crippen molar-refractivity contribution in [1.29, 1.82) is 0 Å². The molecule has 6 aromatic rings. The quantitative estimate of drug-likeness (QED) is 0.120. The molecule has 2 fully saturated rings. The number of hydrogen-bond acceptors (Lipinski definition) is 0. The Hall–Kier alpha value is -2.22. The number of hydrogen-bond donors (Lipinski definition) is 0. The van der Waals surface area contributed by atoms with E-state index in [1.165, 1.54) is 125 Å². The molecule has 284 valence electrons. The van der Waals surface area contributed by atoms with Gasteiger partial charge >= 0.3 is 41.9 Å². The third-order valence-electron chi connectivity index (χ3n) is 11.4. The van der Waals surface area contributed by atoms with Crippen molar-refractivity contribution in [1.82, 2.24) is 0 Å². The van der Waals surface area contributed by atoms with Gasteiger partial charge in [0.05, 0.1) is 0 Å². The van der Waals surface area contributed by atoms with Gasteiger partial charge in [0.2, 0.25) is 0 Å². The molecule has 8 rings (SSSR count). The first-order valence-electron chi connectivity index (χ1n) is 20.2. The van der Waals surface area contributed by atoms with Gasteiger partial charge in [0.15, 0.2) is 0 Å². The van der Waals surface area contributed by atoms with E-state index >= 15 is 0 Å². The third-order valence-corrected chi connectivity index (χ3v) is 11.4. The molecule has 2 saturated carbocycles. The molecular formula is C50H60Cl2SiZr-2. The van der Waals surface area contributed by atoms with Gasteiger partial charge in [-0.05, 0) is 71.6 Å². The van der Waals surface area contributed by atoms with E-state index in [0.29, 0.717) is 0 Å². The van der Waals surface area contributed by atoms with Gasteiger partial charge in [0.1, 0.15) is 0 Å². The van der Waals surface area contributed by atoms with Crippen LogP contribution in [0.15, 0.2) is 109 Å². The fraction of sp³-hybridized carbons (Fsp3) is 0.400. The van der Waals surface area contributed by atoms with E-state index < -0.39 is 0 Å². The Balaban J connectivity index is 0.000000213. The second-order valence-electron chi connectivity index (χ2n) is 16.7. The second kappa shape index (κ2) is 20.8. The smallest absolute Gasteiger partial charge is 1.00 e. The third kappa shape index (κ3) is 11.4. The minimum atomic E-state index is 0. The Morgan fingerprint density at radius 1 is 0.611 bits per heavy atom. The van der Waals surface area contributed by atoms with Crippen LogP contribution in [0.3, 0.4) is 0 Å². The predicted molar refractivity (Wildman–Crippen MR) is 227 cm³/mol. The predicted octanol–water partition coefficient (Wildman–Crippen LogP) is 9.20. The van der Waals surface area contributed by atoms with E-state index in [1.807, 2.05) is 0 Å². The van der Waals surface area contributed by atoms with Crippen molar-refractivity contribution in [2.75, 3.05) is 0 Å². The average molecular weight is 851 g/mol. The Labute approximate surface area is 354 Å². The van der Waals surface area contributed by atoms with Crippen molar-refractivity contribution in [3.8, 4) is 22.3 Å². The fourth-order valence-electron chi connectivity index (χ4n) is 8.45. The molecule has 2 aliphatic rings. The minimum absolute atomic E-state index is 0. The summed E-state index contributed by atoms with van der Waals surface area (Å²) in [6, 6.07) is 41.6. The van der Waals surface area contributed by atoms with E-state index in [0.717, 1.165) is 18.3 Å². The van der Waals surface area contributed by atoms with Gasteiger partial charge in [-0.1, -0.05) is 138 Å². The van der Waals surface area contributed by atoms with Gasteiger partial charge in [-0.2, -0.15) is 12.1 Å². The maximum absolute atomic E-state index is 2.47. The number of aryl methyl sites for hydroxylation is 1. The number of fused-ring (bicyclic) bond motifs is 2. The molecule has 0 radical (unpaired) electrons. The van der Waals surface area contributed by atoms with Crippen LogP contribution in [0, 0.1) is 0 Å². The maximum atomic E-state index is 2.47. The monoisotopic (exact) mass is 848 g/mol. The molecule has 0 bridgehead atoms. The normalized spacial score (nSPS) is 15.0. The molecule has 0 heterocycles. The van der Waals surface area contributed by atoms with E-state index in [2.05, 4.69) is 150 Å². The summed E-state index contributed by atoms with van der Waals surface area (Å²) < 4.78 is 0. The van der Waals surface area contributed by atoms with Crippen molar-refractivity contribution < 1.29 is 48.1 Å². The summed E-state index contributed by atoms with van der Waals surface area (Å²) in [6.07, 6.45) is 15.0. The number of benzene rings is 4. The van der Waals surface area contributed by atoms with Crippen molar-refractivity contribution in [2.45, 2.75) is 129 Å². The molecule has 54 heavy (non-hydrogen) atoms. The van der Waals surface area contributed by atoms with Gasteiger partial charge in [-0.25, -0.2) is 0 Å². The standard InChI is InChI=1S/C25H29.C23H25.C2H6Si.2ClH.Zr/c1-25(2,3)22-14-12-19(13-15-22)23-11-7-10-20-16-21(17-24(20)23)18-8-5-4-6-9-18;1-2-17-15-21-9-6-10-22(23(21)16-17)20-13-11-19(12-14-20)18-7-4-3-5-8-18;1-3-2;;;/h7,10-18H,4-6,8-9H2,1-3H3;6,9-16,18H,2-5,7-8H2,1H3;1-2H3;2*1H;/q2*-1;;;;+2/p-2. The van der Waals surface area contributed by atoms with Crippen LogP contribution in [0.2, 0.25) is 13.1 Å². The Morgan fingerprint density at radius 3 is 1.57 bits per heavy atom. The summed E-state index contributed by atoms with van der Waals surface area (Å²) >= 11 is 1.74. The molecule has 0 aliphatic heterocycles. The van der Waals surface area contributed by atoms with Crippen molar-refractivity contribution >= 4 is 27.0 Å². The second-order valence-corrected chi connectivity index (χ2v) is 26.1. The van der Waals surface area contributed by atoms with Gasteiger partial charge in [0.25, 0.3) is 0 Å². The first kappa shape index (κ1) is 44.5. The molecule has 0 aromatic heterocycles. The van der Waals surface area contributed by atoms with Gasteiger partial charge in [-0.15, -0.1) is 69.1 Å². The zero-order valence-electron chi connectivity index (χ0n) is 33.6. The van der Waals surface area contributed by atoms with Crippen LogP contribution in [0.4, 0.5) is 0 Å². The molecule has 0 atom stereocenters. The molecule has 0 spiro atoms. The topological polar surface area (TPSA) is 0 Å². The summed E-state index contributed by atoms with van der Waals surface area (Å²) in [7, 11) is 0. The molecule has 0 unspecified atom stereocenters. The van der Waals surface area contributed by atoms with Crippen LogP contribution in [-0.2, 0) is 35.2 Å².